The molecule has 100 valence electrons. The van der Waals surface area contributed by atoms with Gasteiger partial charge in [-0.05, 0) is 26.7 Å². The Labute approximate surface area is 106 Å². The van der Waals surface area contributed by atoms with Crippen molar-refractivity contribution in [2.75, 3.05) is 13.6 Å². The molecule has 2 N–H and O–H groups in total. The second-order valence-corrected chi connectivity index (χ2v) is 4.33. The van der Waals surface area contributed by atoms with E-state index < -0.39 is 12.0 Å². The number of amides is 2. The van der Waals surface area contributed by atoms with Crippen molar-refractivity contribution in [3.8, 4) is 0 Å². The first kappa shape index (κ1) is 14.2. The van der Waals surface area contributed by atoms with Crippen LogP contribution < -0.4 is 5.32 Å². The maximum atomic E-state index is 12.1. The summed E-state index contributed by atoms with van der Waals surface area (Å²) in [7, 11) is 1.52. The molecule has 1 unspecified atom stereocenters. The number of aliphatic carboxylic acids is 1. The smallest absolute Gasteiger partial charge is 0.331 e. The average molecular weight is 254 g/mol. The molecule has 0 aromatic heterocycles. The summed E-state index contributed by atoms with van der Waals surface area (Å²) in [6, 6.07) is -0.487. The van der Waals surface area contributed by atoms with E-state index in [-0.39, 0.29) is 23.0 Å². The number of nitrogens with one attached hydrogen (secondary N) is 1. The fourth-order valence-corrected chi connectivity index (χ4v) is 1.99. The number of carbonyl (C=O) groups is 3. The minimum Gasteiger partial charge on any atom is -0.478 e. The summed E-state index contributed by atoms with van der Waals surface area (Å²) < 4.78 is 0. The summed E-state index contributed by atoms with van der Waals surface area (Å²) in [5, 5.41) is 11.4. The van der Waals surface area contributed by atoms with Crippen molar-refractivity contribution >= 4 is 17.8 Å². The standard InChI is InChI=1S/C12H18N2O4/c1-7(8(2)12(17)18)11(16)14-6-4-5-9(14)10(15)13-3/h9H,4-6H2,1-3H3,(H,13,15)(H,17,18). The van der Waals surface area contributed by atoms with Crippen LogP contribution in [0, 0.1) is 0 Å². The normalized spacial score (nSPS) is 20.4. The molecule has 0 aromatic rings. The lowest BCUT2D eigenvalue weighted by atomic mass is 10.1. The van der Waals surface area contributed by atoms with Crippen molar-refractivity contribution in [2.24, 2.45) is 0 Å². The number of hydrogen-bond donors (Lipinski definition) is 2. The summed E-state index contributed by atoms with van der Waals surface area (Å²) >= 11 is 0. The number of hydrogen-bond acceptors (Lipinski definition) is 3. The predicted octanol–water partition coefficient (Wildman–Crippen LogP) is 0.144. The van der Waals surface area contributed by atoms with Gasteiger partial charge < -0.3 is 15.3 Å². The van der Waals surface area contributed by atoms with Crippen LogP contribution in [0.15, 0.2) is 11.1 Å². The summed E-state index contributed by atoms with van der Waals surface area (Å²) in [6.45, 7) is 3.35. The first-order chi connectivity index (χ1) is 8.40. The van der Waals surface area contributed by atoms with Crippen LogP contribution in [0.2, 0.25) is 0 Å². The van der Waals surface area contributed by atoms with Crippen molar-refractivity contribution in [3.05, 3.63) is 11.1 Å². The maximum Gasteiger partial charge on any atom is 0.331 e. The third kappa shape index (κ3) is 2.69. The zero-order valence-corrected chi connectivity index (χ0v) is 10.8. The van der Waals surface area contributed by atoms with Crippen LogP contribution in [-0.4, -0.2) is 47.4 Å². The SMILES string of the molecule is CNC(=O)C1CCCN1C(=O)C(C)=C(C)C(=O)O. The molecule has 1 aliphatic heterocycles. The van der Waals surface area contributed by atoms with Gasteiger partial charge in [-0.3, -0.25) is 9.59 Å². The first-order valence-electron chi connectivity index (χ1n) is 5.83. The Bertz CT molecular complexity index is 414. The number of rotatable bonds is 3. The van der Waals surface area contributed by atoms with Gasteiger partial charge in [0.05, 0.1) is 0 Å². The van der Waals surface area contributed by atoms with Gasteiger partial charge in [0.15, 0.2) is 0 Å². The molecule has 0 bridgehead atoms. The number of carbonyl (C=O) groups excluding carboxylic acids is 2. The highest BCUT2D eigenvalue weighted by Gasteiger charge is 2.34. The Kier molecular flexibility index (Phi) is 4.47. The Morgan fingerprint density at radius 2 is 1.83 bits per heavy atom. The number of likely N-dealkylation sites (N-methyl/N-ethyl adjacent to an activating group) is 1. The van der Waals surface area contributed by atoms with Crippen LogP contribution in [-0.2, 0) is 14.4 Å². The zero-order valence-electron chi connectivity index (χ0n) is 10.8. The predicted molar refractivity (Wildman–Crippen MR) is 64.8 cm³/mol. The molecular formula is C12H18N2O4. The van der Waals surface area contributed by atoms with Gasteiger partial charge in [0.1, 0.15) is 6.04 Å². The lowest BCUT2D eigenvalue weighted by Gasteiger charge is -2.24. The molecule has 6 nitrogen and oxygen atoms in total. The third-order valence-electron chi connectivity index (χ3n) is 3.27. The highest BCUT2D eigenvalue weighted by atomic mass is 16.4. The zero-order chi connectivity index (χ0) is 13.9. The fraction of sp³-hybridized carbons (Fsp3) is 0.583. The van der Waals surface area contributed by atoms with E-state index >= 15 is 0 Å². The van der Waals surface area contributed by atoms with E-state index in [0.29, 0.717) is 13.0 Å². The lowest BCUT2D eigenvalue weighted by Crippen LogP contribution is -2.45. The van der Waals surface area contributed by atoms with Gasteiger partial charge in [-0.15, -0.1) is 0 Å². The molecule has 0 aliphatic carbocycles. The third-order valence-corrected chi connectivity index (χ3v) is 3.27. The quantitative estimate of drug-likeness (QED) is 0.702. The number of carboxylic acids is 1. The second-order valence-electron chi connectivity index (χ2n) is 4.33. The highest BCUT2D eigenvalue weighted by molar-refractivity contribution is 6.03. The van der Waals surface area contributed by atoms with Crippen molar-refractivity contribution in [2.45, 2.75) is 32.7 Å². The minimum absolute atomic E-state index is 0.0163. The number of likely N-dealkylation sites (tertiary alicyclic amines) is 1. The molecule has 6 heteroatoms. The van der Waals surface area contributed by atoms with Gasteiger partial charge in [-0.1, -0.05) is 0 Å². The van der Waals surface area contributed by atoms with Crippen LogP contribution in [0.5, 0.6) is 0 Å². The Hall–Kier alpha value is -1.85. The van der Waals surface area contributed by atoms with Crippen molar-refractivity contribution < 1.29 is 19.5 Å². The molecule has 0 spiro atoms. The monoisotopic (exact) mass is 254 g/mol. The first-order valence-corrected chi connectivity index (χ1v) is 5.83. The van der Waals surface area contributed by atoms with E-state index in [1.165, 1.54) is 25.8 Å². The molecule has 1 atom stereocenters. The topological polar surface area (TPSA) is 86.7 Å². The van der Waals surface area contributed by atoms with Gasteiger partial charge in [0, 0.05) is 24.7 Å². The van der Waals surface area contributed by atoms with Gasteiger partial charge in [0.2, 0.25) is 5.91 Å². The Balaban J connectivity index is 2.93. The van der Waals surface area contributed by atoms with Crippen LogP contribution in [0.3, 0.4) is 0 Å². The average Bonchev–Trinajstić information content (AvgIpc) is 2.83. The fourth-order valence-electron chi connectivity index (χ4n) is 1.99. The van der Waals surface area contributed by atoms with Crippen molar-refractivity contribution in [1.29, 1.82) is 0 Å². The lowest BCUT2D eigenvalue weighted by molar-refractivity contribution is -0.136. The van der Waals surface area contributed by atoms with Gasteiger partial charge in [-0.2, -0.15) is 0 Å². The van der Waals surface area contributed by atoms with Gasteiger partial charge in [0.25, 0.3) is 5.91 Å². The second kappa shape index (κ2) is 5.66. The van der Waals surface area contributed by atoms with Gasteiger partial charge >= 0.3 is 5.97 Å². The largest absolute Gasteiger partial charge is 0.478 e. The van der Waals surface area contributed by atoms with Crippen LogP contribution >= 0.6 is 0 Å². The van der Waals surface area contributed by atoms with E-state index in [9.17, 15) is 14.4 Å². The van der Waals surface area contributed by atoms with Crippen LogP contribution in [0.1, 0.15) is 26.7 Å². The van der Waals surface area contributed by atoms with Crippen molar-refractivity contribution in [3.63, 3.8) is 0 Å². The minimum atomic E-state index is -1.11. The Morgan fingerprint density at radius 1 is 1.22 bits per heavy atom. The molecule has 0 saturated carbocycles. The summed E-state index contributed by atoms with van der Waals surface area (Å²) in [4.78, 5) is 36.0. The summed E-state index contributed by atoms with van der Waals surface area (Å²) in [6.07, 6.45) is 1.37. The van der Waals surface area contributed by atoms with E-state index in [1.54, 1.807) is 0 Å². The molecule has 1 saturated heterocycles. The molecular weight excluding hydrogens is 236 g/mol. The van der Waals surface area contributed by atoms with E-state index in [1.807, 2.05) is 0 Å². The molecule has 0 radical (unpaired) electrons. The number of carboxylic acid groups (broad SMARTS) is 1. The molecule has 1 fully saturated rings. The Morgan fingerprint density at radius 3 is 2.33 bits per heavy atom. The highest BCUT2D eigenvalue weighted by Crippen LogP contribution is 2.20. The number of nitrogens with zero attached hydrogens (tertiary/aromatic N) is 1. The van der Waals surface area contributed by atoms with Crippen molar-refractivity contribution in [1.82, 2.24) is 10.2 Å². The summed E-state index contributed by atoms with van der Waals surface area (Å²) in [5.74, 6) is -1.70. The van der Waals surface area contributed by atoms with E-state index in [0.717, 1.165) is 6.42 Å². The van der Waals surface area contributed by atoms with Gasteiger partial charge in [-0.25, -0.2) is 4.79 Å². The molecule has 1 rings (SSSR count). The molecule has 0 aromatic carbocycles. The maximum absolute atomic E-state index is 12.1. The molecule has 2 amide bonds. The molecule has 18 heavy (non-hydrogen) atoms. The summed E-state index contributed by atoms with van der Waals surface area (Å²) in [5.41, 5.74) is 0.195. The van der Waals surface area contributed by atoms with E-state index in [4.69, 9.17) is 5.11 Å². The van der Waals surface area contributed by atoms with Crippen LogP contribution in [0.25, 0.3) is 0 Å². The molecule has 1 heterocycles. The van der Waals surface area contributed by atoms with Crippen LogP contribution in [0.4, 0.5) is 0 Å². The molecule has 1 aliphatic rings. The van der Waals surface area contributed by atoms with E-state index in [2.05, 4.69) is 5.32 Å².